The molecule has 0 bridgehead atoms. The molecule has 30 heavy (non-hydrogen) atoms. The first kappa shape index (κ1) is 18.7. The first-order valence-electron chi connectivity index (χ1n) is 9.65. The molecule has 156 valence electrons. The van der Waals surface area contributed by atoms with Crippen LogP contribution in [0.4, 0.5) is 20.5 Å². The quantitative estimate of drug-likeness (QED) is 0.531. The SMILES string of the molecule is CNc1nc(NC2CCN(C)CC2(F)F)nn2ccc(-c3ccn4nccc4n3)c12. The number of hydrogen-bond acceptors (Lipinski definition) is 7. The van der Waals surface area contributed by atoms with E-state index in [4.69, 9.17) is 0 Å². The molecule has 1 fully saturated rings. The van der Waals surface area contributed by atoms with E-state index < -0.39 is 12.0 Å². The summed E-state index contributed by atoms with van der Waals surface area (Å²) in [4.78, 5) is 10.7. The van der Waals surface area contributed by atoms with Crippen molar-refractivity contribution in [1.29, 1.82) is 0 Å². The van der Waals surface area contributed by atoms with Gasteiger partial charge < -0.3 is 15.5 Å². The second-order valence-electron chi connectivity index (χ2n) is 7.49. The minimum Gasteiger partial charge on any atom is -0.371 e. The molecule has 5 heterocycles. The predicted molar refractivity (Wildman–Crippen MR) is 109 cm³/mol. The fourth-order valence-corrected chi connectivity index (χ4v) is 3.87. The summed E-state index contributed by atoms with van der Waals surface area (Å²) in [6.07, 6.45) is 5.60. The Labute approximate surface area is 170 Å². The number of piperidine rings is 1. The summed E-state index contributed by atoms with van der Waals surface area (Å²) >= 11 is 0. The van der Waals surface area contributed by atoms with Crippen LogP contribution in [0.5, 0.6) is 0 Å². The van der Waals surface area contributed by atoms with E-state index in [2.05, 4.69) is 30.8 Å². The standard InChI is InChI=1S/C19H21F2N9/c1-22-17-16-12(13-5-10-29-15(24-13)3-7-23-29)4-9-30(16)27-18(26-17)25-14-6-8-28(2)11-19(14,20)21/h3-5,7,9-10,14H,6,8,11H2,1-2H3,(H2,22,25,26,27). The molecule has 1 aliphatic heterocycles. The molecule has 0 amide bonds. The highest BCUT2D eigenvalue weighted by Gasteiger charge is 2.44. The molecule has 0 spiro atoms. The van der Waals surface area contributed by atoms with Crippen LogP contribution in [0.1, 0.15) is 6.42 Å². The zero-order valence-corrected chi connectivity index (χ0v) is 16.5. The largest absolute Gasteiger partial charge is 0.371 e. The lowest BCUT2D eigenvalue weighted by atomic mass is 10.0. The van der Waals surface area contributed by atoms with Crippen LogP contribution in [0.25, 0.3) is 22.4 Å². The number of likely N-dealkylation sites (tertiary alicyclic amines) is 1. The van der Waals surface area contributed by atoms with E-state index >= 15 is 0 Å². The van der Waals surface area contributed by atoms with Crippen LogP contribution in [-0.4, -0.2) is 73.2 Å². The molecule has 0 saturated carbocycles. The van der Waals surface area contributed by atoms with Crippen LogP contribution in [0.2, 0.25) is 0 Å². The zero-order valence-electron chi connectivity index (χ0n) is 16.5. The van der Waals surface area contributed by atoms with Crippen LogP contribution in [0, 0.1) is 0 Å². The Hall–Kier alpha value is -3.34. The molecule has 1 unspecified atom stereocenters. The van der Waals surface area contributed by atoms with E-state index in [0.717, 1.165) is 22.4 Å². The number of halogens is 2. The third-order valence-corrected chi connectivity index (χ3v) is 5.38. The highest BCUT2D eigenvalue weighted by atomic mass is 19.3. The van der Waals surface area contributed by atoms with Crippen LogP contribution in [-0.2, 0) is 0 Å². The molecular formula is C19H21F2N9. The van der Waals surface area contributed by atoms with Crippen LogP contribution >= 0.6 is 0 Å². The van der Waals surface area contributed by atoms with Crippen molar-refractivity contribution >= 4 is 22.9 Å². The van der Waals surface area contributed by atoms with Crippen molar-refractivity contribution < 1.29 is 8.78 Å². The maximum Gasteiger partial charge on any atom is 0.280 e. The second kappa shape index (κ2) is 6.87. The number of rotatable bonds is 4. The van der Waals surface area contributed by atoms with Gasteiger partial charge in [0.25, 0.3) is 5.92 Å². The van der Waals surface area contributed by atoms with Crippen molar-refractivity contribution in [2.24, 2.45) is 0 Å². The molecule has 1 aliphatic rings. The highest BCUT2D eigenvalue weighted by Crippen LogP contribution is 2.31. The summed E-state index contributed by atoms with van der Waals surface area (Å²) in [5.41, 5.74) is 3.02. The highest BCUT2D eigenvalue weighted by molar-refractivity contribution is 5.87. The lowest BCUT2D eigenvalue weighted by Crippen LogP contribution is -2.53. The average molecular weight is 413 g/mol. The van der Waals surface area contributed by atoms with Gasteiger partial charge in [-0.3, -0.25) is 0 Å². The van der Waals surface area contributed by atoms with Gasteiger partial charge in [0.2, 0.25) is 5.95 Å². The zero-order chi connectivity index (χ0) is 20.9. The molecule has 5 rings (SSSR count). The number of nitrogens with zero attached hydrogens (tertiary/aromatic N) is 7. The molecule has 1 atom stereocenters. The fraction of sp³-hybridized carbons (Fsp3) is 0.368. The first-order valence-corrected chi connectivity index (χ1v) is 9.65. The average Bonchev–Trinajstić information content (AvgIpc) is 3.35. The number of anilines is 2. The molecule has 4 aromatic rings. The Bertz CT molecular complexity index is 1220. The van der Waals surface area contributed by atoms with Gasteiger partial charge in [-0.15, -0.1) is 5.10 Å². The van der Waals surface area contributed by atoms with Crippen molar-refractivity contribution in [2.75, 3.05) is 37.8 Å². The number of alkyl halides is 2. The van der Waals surface area contributed by atoms with Gasteiger partial charge in [-0.2, -0.15) is 10.1 Å². The molecule has 2 N–H and O–H groups in total. The summed E-state index contributed by atoms with van der Waals surface area (Å²) in [5, 5.41) is 14.5. The van der Waals surface area contributed by atoms with Gasteiger partial charge >= 0.3 is 0 Å². The molecule has 11 heteroatoms. The summed E-state index contributed by atoms with van der Waals surface area (Å²) in [7, 11) is 3.43. The van der Waals surface area contributed by atoms with Gasteiger partial charge in [0, 0.05) is 37.6 Å². The van der Waals surface area contributed by atoms with E-state index in [0.29, 0.717) is 18.8 Å². The summed E-state index contributed by atoms with van der Waals surface area (Å²) in [6.45, 7) is 0.299. The molecule has 0 aliphatic carbocycles. The topological polar surface area (TPSA) is 87.7 Å². The van der Waals surface area contributed by atoms with Gasteiger partial charge in [0.15, 0.2) is 11.5 Å². The predicted octanol–water partition coefficient (Wildman–Crippen LogP) is 2.23. The third kappa shape index (κ3) is 3.11. The second-order valence-corrected chi connectivity index (χ2v) is 7.49. The van der Waals surface area contributed by atoms with Gasteiger partial charge in [-0.05, 0) is 25.6 Å². The van der Waals surface area contributed by atoms with E-state index in [9.17, 15) is 8.78 Å². The number of fused-ring (bicyclic) bond motifs is 2. The molecule has 0 radical (unpaired) electrons. The van der Waals surface area contributed by atoms with Gasteiger partial charge in [-0.25, -0.2) is 22.8 Å². The number of hydrogen-bond donors (Lipinski definition) is 2. The summed E-state index contributed by atoms with van der Waals surface area (Å²) in [5.74, 6) is -2.18. The number of nitrogens with one attached hydrogen (secondary N) is 2. The maximum atomic E-state index is 14.4. The van der Waals surface area contributed by atoms with Gasteiger partial charge in [-0.1, -0.05) is 0 Å². The van der Waals surface area contributed by atoms with E-state index in [1.54, 1.807) is 40.4 Å². The third-order valence-electron chi connectivity index (χ3n) is 5.38. The summed E-state index contributed by atoms with van der Waals surface area (Å²) in [6, 6.07) is 4.55. The summed E-state index contributed by atoms with van der Waals surface area (Å²) < 4.78 is 32.2. The van der Waals surface area contributed by atoms with Gasteiger partial charge in [0.05, 0.1) is 24.5 Å². The Morgan fingerprint density at radius 3 is 2.77 bits per heavy atom. The van der Waals surface area contributed by atoms with Gasteiger partial charge in [0.1, 0.15) is 5.52 Å². The Balaban J connectivity index is 1.53. The van der Waals surface area contributed by atoms with Crippen molar-refractivity contribution in [3.05, 3.63) is 36.8 Å². The minimum atomic E-state index is -2.86. The molecule has 4 aromatic heterocycles. The van der Waals surface area contributed by atoms with E-state index in [-0.39, 0.29) is 12.5 Å². The van der Waals surface area contributed by atoms with Crippen LogP contribution < -0.4 is 10.6 Å². The van der Waals surface area contributed by atoms with Crippen LogP contribution in [0.3, 0.4) is 0 Å². The minimum absolute atomic E-state index is 0.155. The van der Waals surface area contributed by atoms with E-state index in [1.807, 2.05) is 24.4 Å². The Morgan fingerprint density at radius 1 is 1.13 bits per heavy atom. The molecule has 9 nitrogen and oxygen atoms in total. The number of aromatic nitrogens is 6. The Morgan fingerprint density at radius 2 is 1.97 bits per heavy atom. The molecule has 1 saturated heterocycles. The van der Waals surface area contributed by atoms with Crippen molar-refractivity contribution in [3.8, 4) is 11.3 Å². The lowest BCUT2D eigenvalue weighted by molar-refractivity contribution is -0.0675. The molecular weight excluding hydrogens is 392 g/mol. The maximum absolute atomic E-state index is 14.4. The van der Waals surface area contributed by atoms with Crippen molar-refractivity contribution in [3.63, 3.8) is 0 Å². The molecule has 0 aromatic carbocycles. The monoisotopic (exact) mass is 413 g/mol. The smallest absolute Gasteiger partial charge is 0.280 e. The van der Waals surface area contributed by atoms with Crippen molar-refractivity contribution in [2.45, 2.75) is 18.4 Å². The Kier molecular flexibility index (Phi) is 4.28. The van der Waals surface area contributed by atoms with E-state index in [1.165, 1.54) is 0 Å². The lowest BCUT2D eigenvalue weighted by Gasteiger charge is -2.36. The van der Waals surface area contributed by atoms with Crippen molar-refractivity contribution in [1.82, 2.24) is 34.1 Å². The normalized spacial score (nSPS) is 19.4. The first-order chi connectivity index (χ1) is 14.4. The van der Waals surface area contributed by atoms with Crippen LogP contribution in [0.15, 0.2) is 36.8 Å². The fourth-order valence-electron chi connectivity index (χ4n) is 3.87.